The van der Waals surface area contributed by atoms with Crippen LogP contribution >= 0.6 is 0 Å². The van der Waals surface area contributed by atoms with Crippen molar-refractivity contribution >= 4 is 28.3 Å². The molecule has 28 heavy (non-hydrogen) atoms. The van der Waals surface area contributed by atoms with E-state index in [2.05, 4.69) is 15.3 Å². The zero-order chi connectivity index (χ0) is 19.1. The van der Waals surface area contributed by atoms with Crippen molar-refractivity contribution in [2.24, 2.45) is 0 Å². The van der Waals surface area contributed by atoms with E-state index in [9.17, 15) is 4.79 Å². The molecule has 5 rings (SSSR count). The highest BCUT2D eigenvalue weighted by Gasteiger charge is 2.14. The zero-order valence-corrected chi connectivity index (χ0v) is 15.1. The number of hydrogen-bond donors (Lipinski definition) is 1. The Bertz CT molecular complexity index is 1300. The first kappa shape index (κ1) is 16.3. The molecule has 0 aliphatic rings. The van der Waals surface area contributed by atoms with E-state index < -0.39 is 0 Å². The molecule has 0 radical (unpaired) electrons. The molecule has 136 valence electrons. The number of para-hydroxylation sites is 1. The number of imidazole rings is 1. The second-order valence-electron chi connectivity index (χ2n) is 6.52. The number of nitrogens with zero attached hydrogens (tertiary/aromatic N) is 3. The molecule has 6 heteroatoms. The maximum absolute atomic E-state index is 12.6. The molecule has 0 saturated carbocycles. The van der Waals surface area contributed by atoms with Gasteiger partial charge in [0.2, 0.25) is 5.78 Å². The Hall–Kier alpha value is -3.93. The lowest BCUT2D eigenvalue weighted by molar-refractivity contribution is 0.0998. The summed E-state index contributed by atoms with van der Waals surface area (Å²) in [6.45, 7) is 2.00. The van der Waals surface area contributed by atoms with Gasteiger partial charge in [-0.05, 0) is 37.3 Å². The molecule has 0 aliphatic heterocycles. The maximum Gasteiger partial charge on any atom is 0.291 e. The van der Waals surface area contributed by atoms with Crippen LogP contribution in [0, 0.1) is 6.92 Å². The first-order valence-corrected chi connectivity index (χ1v) is 8.89. The van der Waals surface area contributed by atoms with Crippen LogP contribution in [0.1, 0.15) is 16.2 Å². The second-order valence-corrected chi connectivity index (χ2v) is 6.52. The number of hydrogen-bond acceptors (Lipinski definition) is 4. The molecule has 0 spiro atoms. The van der Waals surface area contributed by atoms with Crippen LogP contribution in [0.4, 0.5) is 5.69 Å². The Balaban J connectivity index is 1.46. The summed E-state index contributed by atoms with van der Waals surface area (Å²) in [7, 11) is 0. The number of nitrogens with one attached hydrogen (secondary N) is 1. The fraction of sp³-hybridized carbons (Fsp3) is 0.0455. The standard InChI is InChI=1S/C22H16N4O2/c1-14-20(25-22-23-10-5-11-26(14)22)16-7-4-8-17(12-16)24-21(27)19-13-15-6-2-3-9-18(15)28-19/h2-13H,1H3,(H,24,27). The van der Waals surface area contributed by atoms with Gasteiger partial charge in [-0.3, -0.25) is 9.20 Å². The molecule has 2 aromatic carbocycles. The predicted octanol–water partition coefficient (Wildman–Crippen LogP) is 4.70. The number of furan rings is 1. The summed E-state index contributed by atoms with van der Waals surface area (Å²) < 4.78 is 7.58. The number of carbonyl (C=O) groups excluding carboxylic acids is 1. The average molecular weight is 368 g/mol. The summed E-state index contributed by atoms with van der Waals surface area (Å²) >= 11 is 0. The van der Waals surface area contributed by atoms with Gasteiger partial charge in [-0.25, -0.2) is 9.97 Å². The highest BCUT2D eigenvalue weighted by atomic mass is 16.3. The van der Waals surface area contributed by atoms with E-state index in [-0.39, 0.29) is 11.7 Å². The Morgan fingerprint density at radius 3 is 2.82 bits per heavy atom. The van der Waals surface area contributed by atoms with Crippen LogP contribution in [0.25, 0.3) is 28.0 Å². The van der Waals surface area contributed by atoms with Crippen molar-refractivity contribution in [1.82, 2.24) is 14.4 Å². The van der Waals surface area contributed by atoms with Crippen LogP contribution in [0.5, 0.6) is 0 Å². The van der Waals surface area contributed by atoms with Crippen molar-refractivity contribution in [2.75, 3.05) is 5.32 Å². The smallest absolute Gasteiger partial charge is 0.291 e. The number of rotatable bonds is 3. The number of fused-ring (bicyclic) bond motifs is 2. The number of amides is 1. The lowest BCUT2D eigenvalue weighted by atomic mass is 10.1. The normalized spacial score (nSPS) is 11.2. The van der Waals surface area contributed by atoms with Crippen molar-refractivity contribution in [3.63, 3.8) is 0 Å². The predicted molar refractivity (Wildman–Crippen MR) is 107 cm³/mol. The fourth-order valence-electron chi connectivity index (χ4n) is 3.31. The molecule has 6 nitrogen and oxygen atoms in total. The van der Waals surface area contributed by atoms with Crippen LogP contribution < -0.4 is 5.32 Å². The van der Waals surface area contributed by atoms with Gasteiger partial charge in [0.05, 0.1) is 5.69 Å². The molecule has 1 N–H and O–H groups in total. The first-order chi connectivity index (χ1) is 13.7. The summed E-state index contributed by atoms with van der Waals surface area (Å²) in [5, 5.41) is 3.80. The van der Waals surface area contributed by atoms with E-state index in [0.29, 0.717) is 17.0 Å². The topological polar surface area (TPSA) is 72.4 Å². The van der Waals surface area contributed by atoms with Gasteiger partial charge in [0.25, 0.3) is 5.91 Å². The number of carbonyl (C=O) groups is 1. The number of benzene rings is 2. The quantitative estimate of drug-likeness (QED) is 0.501. The van der Waals surface area contributed by atoms with Crippen LogP contribution in [-0.4, -0.2) is 20.3 Å². The minimum Gasteiger partial charge on any atom is -0.451 e. The Kier molecular flexibility index (Phi) is 3.69. The molecule has 0 aliphatic carbocycles. The van der Waals surface area contributed by atoms with Gasteiger partial charge in [-0.1, -0.05) is 30.3 Å². The summed E-state index contributed by atoms with van der Waals surface area (Å²) in [6, 6.07) is 18.7. The van der Waals surface area contributed by atoms with E-state index in [1.165, 1.54) is 0 Å². The minimum atomic E-state index is -0.290. The van der Waals surface area contributed by atoms with Gasteiger partial charge >= 0.3 is 0 Å². The van der Waals surface area contributed by atoms with E-state index in [0.717, 1.165) is 22.3 Å². The summed E-state index contributed by atoms with van der Waals surface area (Å²) in [5.41, 5.74) is 4.09. The molecule has 0 bridgehead atoms. The number of aromatic nitrogens is 3. The SMILES string of the molecule is Cc1c(-c2cccc(NC(=O)c3cc4ccccc4o3)c2)nc2ncccn12. The third-order valence-corrected chi connectivity index (χ3v) is 4.69. The third-order valence-electron chi connectivity index (χ3n) is 4.69. The molecule has 0 unspecified atom stereocenters. The summed E-state index contributed by atoms with van der Waals surface area (Å²) in [6.07, 6.45) is 3.65. The van der Waals surface area contributed by atoms with Gasteiger partial charge in [-0.15, -0.1) is 0 Å². The molecular weight excluding hydrogens is 352 g/mol. The van der Waals surface area contributed by atoms with Gasteiger partial charge < -0.3 is 9.73 Å². The molecule has 3 aromatic heterocycles. The first-order valence-electron chi connectivity index (χ1n) is 8.89. The van der Waals surface area contributed by atoms with Crippen LogP contribution in [0.15, 0.2) is 77.5 Å². The largest absolute Gasteiger partial charge is 0.451 e. The molecule has 3 heterocycles. The van der Waals surface area contributed by atoms with E-state index >= 15 is 0 Å². The zero-order valence-electron chi connectivity index (χ0n) is 15.1. The van der Waals surface area contributed by atoms with Crippen molar-refractivity contribution in [3.8, 4) is 11.3 Å². The van der Waals surface area contributed by atoms with Gasteiger partial charge in [0.15, 0.2) is 5.76 Å². The van der Waals surface area contributed by atoms with E-state index in [4.69, 9.17) is 4.42 Å². The van der Waals surface area contributed by atoms with Crippen molar-refractivity contribution in [2.45, 2.75) is 6.92 Å². The van der Waals surface area contributed by atoms with E-state index in [1.54, 1.807) is 12.3 Å². The molecule has 0 atom stereocenters. The molecular formula is C22H16N4O2. The van der Waals surface area contributed by atoms with Gasteiger partial charge in [0, 0.05) is 34.7 Å². The molecule has 5 aromatic rings. The van der Waals surface area contributed by atoms with Crippen LogP contribution in [0.2, 0.25) is 0 Å². The summed E-state index contributed by atoms with van der Waals surface area (Å²) in [4.78, 5) is 21.5. The lowest BCUT2D eigenvalue weighted by Gasteiger charge is -2.06. The highest BCUT2D eigenvalue weighted by molar-refractivity contribution is 6.04. The highest BCUT2D eigenvalue weighted by Crippen LogP contribution is 2.26. The van der Waals surface area contributed by atoms with Crippen molar-refractivity contribution in [1.29, 1.82) is 0 Å². The van der Waals surface area contributed by atoms with Crippen molar-refractivity contribution < 1.29 is 9.21 Å². The Labute approximate surface area is 160 Å². The Morgan fingerprint density at radius 1 is 1.07 bits per heavy atom. The number of anilines is 1. The fourth-order valence-corrected chi connectivity index (χ4v) is 3.31. The molecule has 0 saturated heterocycles. The van der Waals surface area contributed by atoms with Crippen LogP contribution in [0.3, 0.4) is 0 Å². The average Bonchev–Trinajstić information content (AvgIpc) is 3.30. The van der Waals surface area contributed by atoms with Crippen molar-refractivity contribution in [3.05, 3.63) is 84.5 Å². The van der Waals surface area contributed by atoms with Gasteiger partial charge in [0.1, 0.15) is 5.58 Å². The lowest BCUT2D eigenvalue weighted by Crippen LogP contribution is -2.10. The van der Waals surface area contributed by atoms with Crippen LogP contribution in [-0.2, 0) is 0 Å². The molecule has 1 amide bonds. The monoisotopic (exact) mass is 368 g/mol. The second kappa shape index (κ2) is 6.35. The molecule has 0 fully saturated rings. The third kappa shape index (κ3) is 2.72. The Morgan fingerprint density at radius 2 is 1.96 bits per heavy atom. The number of aryl methyl sites for hydroxylation is 1. The minimum absolute atomic E-state index is 0.278. The van der Waals surface area contributed by atoms with Gasteiger partial charge in [-0.2, -0.15) is 0 Å². The maximum atomic E-state index is 12.6. The van der Waals surface area contributed by atoms with E-state index in [1.807, 2.05) is 72.1 Å². The summed E-state index contributed by atoms with van der Waals surface area (Å²) in [5.74, 6) is 0.633.